The van der Waals surface area contributed by atoms with Crippen LogP contribution in [0.4, 0.5) is 0 Å². The first-order chi connectivity index (χ1) is 6.65. The fourth-order valence-corrected chi connectivity index (χ4v) is 0.915. The van der Waals surface area contributed by atoms with Gasteiger partial charge in [-0.3, -0.25) is 0 Å². The zero-order valence-electron chi connectivity index (χ0n) is 8.61. The van der Waals surface area contributed by atoms with Crippen molar-refractivity contribution in [2.45, 2.75) is 33.3 Å². The van der Waals surface area contributed by atoms with Crippen LogP contribution in [0.25, 0.3) is 0 Å². The van der Waals surface area contributed by atoms with Gasteiger partial charge in [-0.25, -0.2) is 4.98 Å². The van der Waals surface area contributed by atoms with Crippen molar-refractivity contribution in [3.63, 3.8) is 0 Å². The van der Waals surface area contributed by atoms with Gasteiger partial charge in [0.25, 0.3) is 0 Å². The van der Waals surface area contributed by atoms with Gasteiger partial charge in [0.1, 0.15) is 11.8 Å². The molecule has 1 aromatic heterocycles. The molecule has 0 aromatic carbocycles. The van der Waals surface area contributed by atoms with Gasteiger partial charge in [0.05, 0.1) is 6.10 Å². The molecule has 0 aliphatic heterocycles. The molecule has 0 radical (unpaired) electrons. The minimum atomic E-state index is 0.0725. The second-order valence-corrected chi connectivity index (χ2v) is 3.13. The van der Waals surface area contributed by atoms with E-state index in [1.54, 1.807) is 6.07 Å². The Morgan fingerprint density at radius 1 is 1.57 bits per heavy atom. The van der Waals surface area contributed by atoms with Gasteiger partial charge < -0.3 is 4.74 Å². The van der Waals surface area contributed by atoms with Gasteiger partial charge in [-0.05, 0) is 26.3 Å². The second-order valence-electron chi connectivity index (χ2n) is 3.13. The summed E-state index contributed by atoms with van der Waals surface area (Å²) in [5.74, 6) is 0. The normalized spacial score (nSPS) is 11.9. The van der Waals surface area contributed by atoms with E-state index in [0.717, 1.165) is 12.1 Å². The van der Waals surface area contributed by atoms with Gasteiger partial charge in [-0.1, -0.05) is 6.92 Å². The molecule has 0 saturated heterocycles. The summed E-state index contributed by atoms with van der Waals surface area (Å²) in [4.78, 5) is 8.03. The fourth-order valence-electron chi connectivity index (χ4n) is 0.915. The molecule has 1 unspecified atom stereocenters. The molecule has 1 heterocycles. The number of ether oxygens (including phenoxy) is 1. The molecule has 1 aromatic rings. The number of nitrogens with zero attached hydrogens (tertiary/aromatic N) is 3. The summed E-state index contributed by atoms with van der Waals surface area (Å²) in [5.41, 5.74) is 1.09. The van der Waals surface area contributed by atoms with Crippen LogP contribution >= 0.6 is 0 Å². The van der Waals surface area contributed by atoms with E-state index < -0.39 is 0 Å². The number of hydrogen-bond acceptors (Lipinski definition) is 4. The average molecular weight is 191 g/mol. The average Bonchev–Trinajstić information content (AvgIpc) is 2.16. The van der Waals surface area contributed by atoms with Crippen molar-refractivity contribution in [1.82, 2.24) is 9.97 Å². The van der Waals surface area contributed by atoms with Crippen molar-refractivity contribution >= 4 is 0 Å². The fraction of sp³-hybridized carbons (Fsp3) is 0.500. The first-order valence-electron chi connectivity index (χ1n) is 4.58. The van der Waals surface area contributed by atoms with Crippen molar-refractivity contribution in [3.05, 3.63) is 17.5 Å². The van der Waals surface area contributed by atoms with Crippen molar-refractivity contribution in [2.24, 2.45) is 0 Å². The lowest BCUT2D eigenvalue weighted by molar-refractivity contribution is 0.198. The smallest absolute Gasteiger partial charge is 0.318 e. The molecule has 74 valence electrons. The third-order valence-corrected chi connectivity index (χ3v) is 1.83. The molecule has 0 spiro atoms. The van der Waals surface area contributed by atoms with Crippen molar-refractivity contribution in [3.8, 4) is 12.1 Å². The highest BCUT2D eigenvalue weighted by molar-refractivity contribution is 5.23. The van der Waals surface area contributed by atoms with Crippen LogP contribution in [0.5, 0.6) is 6.01 Å². The maximum Gasteiger partial charge on any atom is 0.318 e. The summed E-state index contributed by atoms with van der Waals surface area (Å²) in [5, 5.41) is 8.68. The van der Waals surface area contributed by atoms with E-state index in [9.17, 15) is 0 Å². The van der Waals surface area contributed by atoms with Crippen molar-refractivity contribution in [1.29, 1.82) is 5.26 Å². The van der Waals surface area contributed by atoms with Crippen LogP contribution in [0, 0.1) is 18.3 Å². The minimum Gasteiger partial charge on any atom is -0.460 e. The maximum atomic E-state index is 8.68. The first kappa shape index (κ1) is 10.5. The van der Waals surface area contributed by atoms with E-state index in [1.807, 2.05) is 26.8 Å². The van der Waals surface area contributed by atoms with Gasteiger partial charge >= 0.3 is 6.01 Å². The molecule has 14 heavy (non-hydrogen) atoms. The van der Waals surface area contributed by atoms with E-state index in [1.165, 1.54) is 0 Å². The Hall–Kier alpha value is -1.63. The Morgan fingerprint density at radius 3 is 2.86 bits per heavy atom. The standard InChI is InChI=1S/C10H13N3O/c1-4-8(3)14-10-12-7(2)5-9(6-11)13-10/h5,8H,4H2,1-3H3. The summed E-state index contributed by atoms with van der Waals surface area (Å²) < 4.78 is 5.41. The van der Waals surface area contributed by atoms with Crippen molar-refractivity contribution < 1.29 is 4.74 Å². The van der Waals surface area contributed by atoms with Gasteiger partial charge in [0.15, 0.2) is 0 Å². The molecule has 0 saturated carbocycles. The Labute approximate surface area is 83.6 Å². The number of aromatic nitrogens is 2. The Morgan fingerprint density at radius 2 is 2.29 bits per heavy atom. The van der Waals surface area contributed by atoms with Crippen LogP contribution in [0.1, 0.15) is 31.7 Å². The van der Waals surface area contributed by atoms with Crippen LogP contribution in [0.15, 0.2) is 6.07 Å². The molecule has 0 amide bonds. The molecular formula is C10H13N3O. The highest BCUT2D eigenvalue weighted by Gasteiger charge is 2.06. The largest absolute Gasteiger partial charge is 0.460 e. The SMILES string of the molecule is CCC(C)Oc1nc(C)cc(C#N)n1. The number of rotatable bonds is 3. The lowest BCUT2D eigenvalue weighted by Gasteiger charge is -2.10. The lowest BCUT2D eigenvalue weighted by Crippen LogP contribution is -2.12. The molecule has 1 atom stereocenters. The van der Waals surface area contributed by atoms with E-state index in [-0.39, 0.29) is 12.1 Å². The maximum absolute atomic E-state index is 8.68. The third-order valence-electron chi connectivity index (χ3n) is 1.83. The van der Waals surface area contributed by atoms with Gasteiger partial charge in [-0.2, -0.15) is 10.2 Å². The van der Waals surface area contributed by atoms with Crippen LogP contribution in [0.3, 0.4) is 0 Å². The zero-order chi connectivity index (χ0) is 10.6. The van der Waals surface area contributed by atoms with Crippen LogP contribution in [-0.4, -0.2) is 16.1 Å². The van der Waals surface area contributed by atoms with Gasteiger partial charge in [0, 0.05) is 5.69 Å². The van der Waals surface area contributed by atoms with Crippen LogP contribution in [-0.2, 0) is 0 Å². The Balaban J connectivity index is 2.88. The van der Waals surface area contributed by atoms with E-state index >= 15 is 0 Å². The highest BCUT2D eigenvalue weighted by Crippen LogP contribution is 2.09. The molecule has 1 rings (SSSR count). The molecular weight excluding hydrogens is 178 g/mol. The molecule has 0 fully saturated rings. The van der Waals surface area contributed by atoms with Gasteiger partial charge in [0.2, 0.25) is 0 Å². The Bertz CT molecular complexity index is 357. The number of aryl methyl sites for hydroxylation is 1. The first-order valence-corrected chi connectivity index (χ1v) is 4.58. The van der Waals surface area contributed by atoms with Crippen LogP contribution < -0.4 is 4.74 Å². The topological polar surface area (TPSA) is 58.8 Å². The van der Waals surface area contributed by atoms with E-state index in [2.05, 4.69) is 9.97 Å². The molecule has 0 bridgehead atoms. The minimum absolute atomic E-state index is 0.0725. The summed E-state index contributed by atoms with van der Waals surface area (Å²) >= 11 is 0. The number of nitriles is 1. The molecule has 0 aliphatic carbocycles. The lowest BCUT2D eigenvalue weighted by atomic mass is 10.3. The molecule has 4 nitrogen and oxygen atoms in total. The monoisotopic (exact) mass is 191 g/mol. The van der Waals surface area contributed by atoms with Crippen molar-refractivity contribution in [2.75, 3.05) is 0 Å². The molecule has 4 heteroatoms. The molecule has 0 N–H and O–H groups in total. The van der Waals surface area contributed by atoms with Gasteiger partial charge in [-0.15, -0.1) is 0 Å². The number of hydrogen-bond donors (Lipinski definition) is 0. The second kappa shape index (κ2) is 4.56. The highest BCUT2D eigenvalue weighted by atomic mass is 16.5. The van der Waals surface area contributed by atoms with E-state index in [0.29, 0.717) is 5.69 Å². The summed E-state index contributed by atoms with van der Waals surface area (Å²) in [7, 11) is 0. The summed E-state index contributed by atoms with van der Waals surface area (Å²) in [6.07, 6.45) is 0.961. The Kier molecular flexibility index (Phi) is 3.41. The summed E-state index contributed by atoms with van der Waals surface area (Å²) in [6.45, 7) is 5.77. The predicted molar refractivity (Wildman–Crippen MR) is 51.9 cm³/mol. The quantitative estimate of drug-likeness (QED) is 0.731. The van der Waals surface area contributed by atoms with Crippen LogP contribution in [0.2, 0.25) is 0 Å². The van der Waals surface area contributed by atoms with E-state index in [4.69, 9.17) is 10.00 Å². The third kappa shape index (κ3) is 2.70. The summed E-state index contributed by atoms with van der Waals surface area (Å²) in [6, 6.07) is 3.88. The molecule has 0 aliphatic rings. The zero-order valence-corrected chi connectivity index (χ0v) is 8.61. The predicted octanol–water partition coefficient (Wildman–Crippen LogP) is 1.83.